The maximum absolute atomic E-state index is 15.5. The van der Waals surface area contributed by atoms with Crippen LogP contribution in [0.2, 0.25) is 5.15 Å². The van der Waals surface area contributed by atoms with Gasteiger partial charge >= 0.3 is 0 Å². The van der Waals surface area contributed by atoms with Crippen LogP contribution in [-0.4, -0.2) is 74.4 Å². The summed E-state index contributed by atoms with van der Waals surface area (Å²) in [6, 6.07) is 3.93. The van der Waals surface area contributed by atoms with Gasteiger partial charge in [0.25, 0.3) is 0 Å². The quantitative estimate of drug-likeness (QED) is 0.535. The highest BCUT2D eigenvalue weighted by atomic mass is 35.5. The van der Waals surface area contributed by atoms with Gasteiger partial charge in [-0.1, -0.05) is 11.6 Å². The summed E-state index contributed by atoms with van der Waals surface area (Å²) in [7, 11) is 0. The number of benzene rings is 1. The lowest BCUT2D eigenvalue weighted by molar-refractivity contribution is -0.0975. The van der Waals surface area contributed by atoms with Crippen molar-refractivity contribution < 1.29 is 14.2 Å². The smallest absolute Gasteiger partial charge is 0.227 e. The Morgan fingerprint density at radius 2 is 2.06 bits per heavy atom. The van der Waals surface area contributed by atoms with E-state index in [1.54, 1.807) is 12.4 Å². The Morgan fingerprint density at radius 1 is 1.22 bits per heavy atom. The Morgan fingerprint density at radius 3 is 2.75 bits per heavy atom. The molecule has 3 saturated carbocycles. The van der Waals surface area contributed by atoms with E-state index in [9.17, 15) is 5.11 Å². The van der Waals surface area contributed by atoms with E-state index in [0.717, 1.165) is 53.8 Å². The van der Waals surface area contributed by atoms with Crippen molar-refractivity contribution in [2.24, 2.45) is 5.92 Å². The molecule has 190 valence electrons. The zero-order valence-electron chi connectivity index (χ0n) is 20.2. The second-order valence-electron chi connectivity index (χ2n) is 11.1. The van der Waals surface area contributed by atoms with Crippen LogP contribution >= 0.6 is 11.6 Å². The number of rotatable bonds is 5. The topological polar surface area (TPSA) is 88.3 Å². The summed E-state index contributed by atoms with van der Waals surface area (Å²) < 4.78 is 22.8. The molecule has 1 aromatic carbocycles. The molecule has 8 rings (SSSR count). The fourth-order valence-corrected chi connectivity index (χ4v) is 7.01. The fraction of sp³-hybridized carbons (Fsp3) is 0.577. The molecular weight excluding hydrogens is 483 g/mol. The van der Waals surface area contributed by atoms with Crippen LogP contribution in [0, 0.1) is 12.8 Å². The molecule has 4 heterocycles. The van der Waals surface area contributed by atoms with Crippen LogP contribution in [0.15, 0.2) is 24.5 Å². The highest BCUT2D eigenvalue weighted by Crippen LogP contribution is 2.63. The van der Waals surface area contributed by atoms with Gasteiger partial charge in [-0.2, -0.15) is 5.10 Å². The van der Waals surface area contributed by atoms with Gasteiger partial charge in [0.15, 0.2) is 5.15 Å². The molecule has 8 nitrogen and oxygen atoms in total. The molecule has 3 aliphatic carbocycles. The highest BCUT2D eigenvalue weighted by molar-refractivity contribution is 6.32. The minimum Gasteiger partial charge on any atom is -0.389 e. The molecule has 2 aliphatic heterocycles. The van der Waals surface area contributed by atoms with Gasteiger partial charge < -0.3 is 15.2 Å². The van der Waals surface area contributed by atoms with Crippen LogP contribution in [0.4, 0.5) is 16.0 Å². The number of anilines is 2. The summed E-state index contributed by atoms with van der Waals surface area (Å²) >= 11 is 6.66. The highest BCUT2D eigenvalue weighted by Gasteiger charge is 2.59. The van der Waals surface area contributed by atoms with Crippen molar-refractivity contribution in [2.45, 2.75) is 62.4 Å². The van der Waals surface area contributed by atoms with E-state index in [0.29, 0.717) is 43.0 Å². The van der Waals surface area contributed by atoms with Gasteiger partial charge in [-0.3, -0.25) is 4.90 Å². The monoisotopic (exact) mass is 512 g/mol. The first-order valence-corrected chi connectivity index (χ1v) is 13.2. The van der Waals surface area contributed by atoms with Crippen molar-refractivity contribution in [1.82, 2.24) is 24.6 Å². The fourth-order valence-electron chi connectivity index (χ4n) is 6.69. The number of aliphatic hydroxyl groups excluding tert-OH is 1. The number of halogens is 2. The molecule has 36 heavy (non-hydrogen) atoms. The second-order valence-corrected chi connectivity index (χ2v) is 11.5. The number of likely N-dealkylation sites (tertiary alicyclic amines) is 1. The van der Waals surface area contributed by atoms with Crippen LogP contribution in [0.1, 0.15) is 42.7 Å². The maximum atomic E-state index is 15.5. The molecule has 2 saturated heterocycles. The average molecular weight is 513 g/mol. The van der Waals surface area contributed by atoms with E-state index in [4.69, 9.17) is 21.3 Å². The van der Waals surface area contributed by atoms with Gasteiger partial charge in [0.05, 0.1) is 48.3 Å². The second kappa shape index (κ2) is 8.34. The molecular formula is C26H30ClFN6O2. The lowest BCUT2D eigenvalue weighted by Crippen LogP contribution is -2.59. The summed E-state index contributed by atoms with van der Waals surface area (Å²) in [5.41, 5.74) is 3.60. The predicted octanol–water partition coefficient (Wildman–Crippen LogP) is 3.93. The van der Waals surface area contributed by atoms with Gasteiger partial charge in [0.1, 0.15) is 6.17 Å². The predicted molar refractivity (Wildman–Crippen MR) is 135 cm³/mol. The van der Waals surface area contributed by atoms with Crippen molar-refractivity contribution in [3.63, 3.8) is 0 Å². The molecule has 1 unspecified atom stereocenters. The van der Waals surface area contributed by atoms with Crippen molar-refractivity contribution >= 4 is 34.1 Å². The molecule has 4 atom stereocenters. The first-order valence-electron chi connectivity index (χ1n) is 12.8. The number of fused-ring (bicyclic) bond motifs is 1. The lowest BCUT2D eigenvalue weighted by Gasteiger charge is -2.61. The number of ether oxygens (including phenoxy) is 1. The van der Waals surface area contributed by atoms with Crippen LogP contribution < -0.4 is 5.32 Å². The van der Waals surface area contributed by atoms with Gasteiger partial charge in [-0.15, -0.1) is 0 Å². The molecule has 0 spiro atoms. The summed E-state index contributed by atoms with van der Waals surface area (Å²) in [6.07, 6.45) is 6.12. The average Bonchev–Trinajstić information content (AvgIpc) is 3.38. The molecule has 0 amide bonds. The molecule has 3 aromatic rings. The number of aryl methyl sites for hydroxylation is 1. The Kier molecular flexibility index (Phi) is 5.29. The number of piperidine rings is 1. The normalized spacial score (nSPS) is 33.9. The largest absolute Gasteiger partial charge is 0.389 e. The SMILES string of the molecule is Cc1cc2cnc(Nc3cnn(C45CC(C4)C5)c3Cl)nc2cc1[C@H]1CCN(C2COC[C@H]2O)C[C@@H]1F. The summed E-state index contributed by atoms with van der Waals surface area (Å²) in [5, 5.41) is 19.4. The van der Waals surface area contributed by atoms with Crippen molar-refractivity contribution in [2.75, 3.05) is 31.6 Å². The van der Waals surface area contributed by atoms with E-state index < -0.39 is 12.3 Å². The number of hydrogen-bond donors (Lipinski definition) is 2. The lowest BCUT2D eigenvalue weighted by atomic mass is 9.50. The first-order chi connectivity index (χ1) is 17.4. The molecule has 10 heteroatoms. The third-order valence-electron chi connectivity index (χ3n) is 8.84. The van der Waals surface area contributed by atoms with Crippen molar-refractivity contribution in [1.29, 1.82) is 0 Å². The summed E-state index contributed by atoms with van der Waals surface area (Å²) in [5.74, 6) is 1.07. The molecule has 2 aromatic heterocycles. The summed E-state index contributed by atoms with van der Waals surface area (Å²) in [4.78, 5) is 11.3. The Balaban J connectivity index is 1.12. The van der Waals surface area contributed by atoms with E-state index in [1.165, 1.54) is 0 Å². The van der Waals surface area contributed by atoms with Gasteiger partial charge in [0, 0.05) is 24.0 Å². The minimum absolute atomic E-state index is 0.111. The standard InChI is InChI=1S/C26H30ClFN6O2/c1-14-4-16-9-29-25(32-21-10-30-34(24(21)27)26-6-15(7-26)8-26)31-20(16)5-18(14)17-2-3-33(11-19(17)28)22-12-36-13-23(22)35/h4-5,9-10,15,17,19,22-23,35H,2-3,6-8,11-13H2,1H3,(H,29,31,32)/t15?,17-,19+,22?,23-,26?/m1/s1. The zero-order chi connectivity index (χ0) is 24.6. The number of nitrogens with one attached hydrogen (secondary N) is 1. The number of alkyl halides is 1. The summed E-state index contributed by atoms with van der Waals surface area (Å²) in [6.45, 7) is 3.84. The number of hydrogen-bond acceptors (Lipinski definition) is 7. The van der Waals surface area contributed by atoms with E-state index >= 15 is 4.39 Å². The Hall–Kier alpha value is -2.33. The van der Waals surface area contributed by atoms with Crippen LogP contribution in [0.3, 0.4) is 0 Å². The maximum Gasteiger partial charge on any atom is 0.227 e. The first kappa shape index (κ1) is 22.8. The molecule has 2 bridgehead atoms. The number of aromatic nitrogens is 4. The zero-order valence-corrected chi connectivity index (χ0v) is 21.0. The van der Waals surface area contributed by atoms with E-state index in [2.05, 4.69) is 15.4 Å². The van der Waals surface area contributed by atoms with E-state index in [-0.39, 0.29) is 17.5 Å². The van der Waals surface area contributed by atoms with Gasteiger partial charge in [-0.25, -0.2) is 19.0 Å². The van der Waals surface area contributed by atoms with Crippen LogP contribution in [-0.2, 0) is 10.3 Å². The van der Waals surface area contributed by atoms with Gasteiger partial charge in [-0.05, 0) is 68.3 Å². The molecule has 2 N–H and O–H groups in total. The minimum atomic E-state index is -1.02. The third-order valence-corrected chi connectivity index (χ3v) is 9.21. The van der Waals surface area contributed by atoms with Crippen LogP contribution in [0.5, 0.6) is 0 Å². The van der Waals surface area contributed by atoms with Crippen LogP contribution in [0.25, 0.3) is 10.9 Å². The van der Waals surface area contributed by atoms with Gasteiger partial charge in [0.2, 0.25) is 5.95 Å². The van der Waals surface area contributed by atoms with Crippen molar-refractivity contribution in [3.8, 4) is 0 Å². The van der Waals surface area contributed by atoms with Crippen molar-refractivity contribution in [3.05, 3.63) is 40.8 Å². The third kappa shape index (κ3) is 3.55. The molecule has 0 radical (unpaired) electrons. The Labute approximate surface area is 213 Å². The Bertz CT molecular complexity index is 1320. The molecule has 5 aliphatic rings. The number of nitrogens with zero attached hydrogens (tertiary/aromatic N) is 5. The molecule has 5 fully saturated rings. The number of aliphatic hydroxyl groups is 1. The van der Waals surface area contributed by atoms with E-state index in [1.807, 2.05) is 28.6 Å².